The predicted octanol–water partition coefficient (Wildman–Crippen LogP) is 4.54. The fourth-order valence-corrected chi connectivity index (χ4v) is 10.0. The van der Waals surface area contributed by atoms with Crippen LogP contribution in [0.3, 0.4) is 0 Å². The van der Waals surface area contributed by atoms with Crippen LogP contribution >= 0.6 is 0 Å². The van der Waals surface area contributed by atoms with Crippen molar-refractivity contribution in [2.75, 3.05) is 51.2 Å². The molecule has 0 aromatic heterocycles. The molecule has 0 atom stereocenters. The summed E-state index contributed by atoms with van der Waals surface area (Å²) in [5.41, 5.74) is 6.55. The lowest BCUT2D eigenvalue weighted by molar-refractivity contribution is -0.127. The van der Waals surface area contributed by atoms with Crippen molar-refractivity contribution in [2.45, 2.75) is 50.8 Å². The van der Waals surface area contributed by atoms with E-state index in [0.717, 1.165) is 33.4 Å². The molecule has 46 heavy (non-hydrogen) atoms. The number of hydrogen-bond acceptors (Lipinski definition) is 7. The smallest absolute Gasteiger partial charge is 0.268 e. The number of hydrogen-bond donors (Lipinski definition) is 0. The van der Waals surface area contributed by atoms with Gasteiger partial charge in [-0.05, 0) is 104 Å². The number of fused-ring (bicyclic) bond motifs is 1. The van der Waals surface area contributed by atoms with E-state index in [1.165, 1.54) is 41.0 Å². The van der Waals surface area contributed by atoms with Crippen LogP contribution in [0.5, 0.6) is 11.5 Å². The van der Waals surface area contributed by atoms with Crippen molar-refractivity contribution in [1.29, 1.82) is 0 Å². The second-order valence-electron chi connectivity index (χ2n) is 11.7. The second-order valence-corrected chi connectivity index (χ2v) is 15.4. The summed E-state index contributed by atoms with van der Waals surface area (Å²) in [6.07, 6.45) is 3.50. The molecular formula is C34H41N3O7S2. The zero-order valence-corrected chi connectivity index (χ0v) is 29.0. The van der Waals surface area contributed by atoms with E-state index in [4.69, 9.17) is 9.47 Å². The molecule has 1 amide bonds. The van der Waals surface area contributed by atoms with Gasteiger partial charge in [0.25, 0.3) is 10.0 Å². The number of carbonyl (C=O) groups excluding carboxylic acids is 1. The quantitative estimate of drug-likeness (QED) is 0.324. The molecule has 0 N–H and O–H groups in total. The number of benzene rings is 3. The molecule has 1 fully saturated rings. The van der Waals surface area contributed by atoms with E-state index in [1.807, 2.05) is 46.8 Å². The van der Waals surface area contributed by atoms with Crippen LogP contribution in [0.4, 0.5) is 5.69 Å². The van der Waals surface area contributed by atoms with Gasteiger partial charge in [-0.2, -0.15) is 4.31 Å². The van der Waals surface area contributed by atoms with E-state index in [2.05, 4.69) is 0 Å². The van der Waals surface area contributed by atoms with Gasteiger partial charge in [-0.3, -0.25) is 9.10 Å². The van der Waals surface area contributed by atoms with Crippen LogP contribution < -0.4 is 13.8 Å². The molecule has 0 aliphatic carbocycles. The Morgan fingerprint density at radius 1 is 0.761 bits per heavy atom. The molecule has 0 bridgehead atoms. The Hall–Kier alpha value is -3.87. The Kier molecular flexibility index (Phi) is 9.27. The SMILES string of the molecule is COc1cc(/C=C/C(=O)N2CCN(S(=O)(=O)c3c(C)c(C)c(C)c(C)c3C)CC2)cc(S(=O)(=O)N2CCc3ccccc32)c1OC. The number of amides is 1. The predicted molar refractivity (Wildman–Crippen MR) is 179 cm³/mol. The molecule has 3 aromatic rings. The fraction of sp³-hybridized carbons (Fsp3) is 0.382. The van der Waals surface area contributed by atoms with Gasteiger partial charge in [0.2, 0.25) is 15.9 Å². The van der Waals surface area contributed by atoms with E-state index < -0.39 is 20.0 Å². The van der Waals surface area contributed by atoms with Crippen molar-refractivity contribution in [1.82, 2.24) is 9.21 Å². The second kappa shape index (κ2) is 12.7. The van der Waals surface area contributed by atoms with Gasteiger partial charge in [0.15, 0.2) is 11.5 Å². The van der Waals surface area contributed by atoms with Gasteiger partial charge >= 0.3 is 0 Å². The van der Waals surface area contributed by atoms with E-state index in [1.54, 1.807) is 23.1 Å². The largest absolute Gasteiger partial charge is 0.493 e. The highest BCUT2D eigenvalue weighted by Crippen LogP contribution is 2.41. The van der Waals surface area contributed by atoms with Crippen molar-refractivity contribution < 1.29 is 31.1 Å². The van der Waals surface area contributed by atoms with Crippen LogP contribution in [0.25, 0.3) is 6.08 Å². The van der Waals surface area contributed by atoms with Crippen LogP contribution in [0, 0.1) is 34.6 Å². The normalized spacial score (nSPS) is 15.8. The highest BCUT2D eigenvalue weighted by Gasteiger charge is 2.35. The van der Waals surface area contributed by atoms with Crippen molar-refractivity contribution in [3.8, 4) is 11.5 Å². The molecule has 12 heteroatoms. The first-order valence-corrected chi connectivity index (χ1v) is 18.0. The lowest BCUT2D eigenvalue weighted by Crippen LogP contribution is -2.50. The Balaban J connectivity index is 1.35. The first-order valence-electron chi connectivity index (χ1n) is 15.1. The lowest BCUT2D eigenvalue weighted by atomic mass is 9.95. The summed E-state index contributed by atoms with van der Waals surface area (Å²) in [5, 5.41) is 0. The van der Waals surface area contributed by atoms with Crippen molar-refractivity contribution in [3.63, 3.8) is 0 Å². The summed E-state index contributed by atoms with van der Waals surface area (Å²) >= 11 is 0. The average Bonchev–Trinajstić information content (AvgIpc) is 3.50. The fourth-order valence-electron chi connectivity index (χ4n) is 6.32. The van der Waals surface area contributed by atoms with E-state index >= 15 is 0 Å². The number of sulfonamides is 2. The molecule has 2 aliphatic heterocycles. The van der Waals surface area contributed by atoms with E-state index in [-0.39, 0.29) is 48.5 Å². The molecule has 0 unspecified atom stereocenters. The number of ether oxygens (including phenoxy) is 2. The maximum absolute atomic E-state index is 13.9. The zero-order chi connectivity index (χ0) is 33.6. The number of methoxy groups -OCH3 is 2. The molecule has 2 aliphatic rings. The van der Waals surface area contributed by atoms with Gasteiger partial charge in [0.1, 0.15) is 4.90 Å². The number of piperazine rings is 1. The molecule has 0 saturated carbocycles. The van der Waals surface area contributed by atoms with E-state index in [9.17, 15) is 21.6 Å². The first-order chi connectivity index (χ1) is 21.7. The average molecular weight is 668 g/mol. The van der Waals surface area contributed by atoms with Crippen molar-refractivity contribution >= 4 is 37.7 Å². The third-order valence-electron chi connectivity index (χ3n) is 9.38. The van der Waals surface area contributed by atoms with Gasteiger partial charge in [0.05, 0.1) is 24.8 Å². The maximum atomic E-state index is 13.9. The van der Waals surface area contributed by atoms with Gasteiger partial charge < -0.3 is 14.4 Å². The number of anilines is 1. The number of rotatable bonds is 8. The summed E-state index contributed by atoms with van der Waals surface area (Å²) in [4.78, 5) is 15.1. The minimum absolute atomic E-state index is 0.0656. The Bertz CT molecular complexity index is 1920. The van der Waals surface area contributed by atoms with Crippen LogP contribution in [0.2, 0.25) is 0 Å². The molecule has 246 valence electrons. The summed E-state index contributed by atoms with van der Waals surface area (Å²) < 4.78 is 69.2. The highest BCUT2D eigenvalue weighted by molar-refractivity contribution is 7.93. The summed E-state index contributed by atoms with van der Waals surface area (Å²) in [6.45, 7) is 10.7. The number of carbonyl (C=O) groups is 1. The van der Waals surface area contributed by atoms with Gasteiger partial charge in [-0.1, -0.05) is 18.2 Å². The summed E-state index contributed by atoms with van der Waals surface area (Å²) in [7, 11) is -4.98. The van der Waals surface area contributed by atoms with Crippen molar-refractivity contribution in [2.24, 2.45) is 0 Å². The molecular weight excluding hydrogens is 627 g/mol. The molecule has 0 radical (unpaired) electrons. The van der Waals surface area contributed by atoms with Crippen LogP contribution in [-0.4, -0.2) is 78.9 Å². The van der Waals surface area contributed by atoms with E-state index in [0.29, 0.717) is 29.1 Å². The van der Waals surface area contributed by atoms with Crippen LogP contribution in [-0.2, 0) is 31.3 Å². The zero-order valence-electron chi connectivity index (χ0n) is 27.4. The standard InChI is InChI=1S/C34H41N3O7S2/c1-22-23(2)25(4)34(26(5)24(22)3)46(41,42)36-18-16-35(17-19-36)32(38)13-12-27-20-30(43-6)33(44-7)31(21-27)45(39,40)37-15-14-28-10-8-9-11-29(28)37/h8-13,20-21H,14-19H2,1-7H3/b13-12+. The first kappa shape index (κ1) is 33.5. The third-order valence-corrected chi connectivity index (χ3v) is 13.4. The van der Waals surface area contributed by atoms with Crippen LogP contribution in [0.15, 0.2) is 52.3 Å². The van der Waals surface area contributed by atoms with Crippen LogP contribution in [0.1, 0.15) is 38.9 Å². The molecule has 1 saturated heterocycles. The van der Waals surface area contributed by atoms with Crippen molar-refractivity contribution in [3.05, 3.63) is 81.4 Å². The Labute approximate surface area is 272 Å². The lowest BCUT2D eigenvalue weighted by Gasteiger charge is -2.34. The number of nitrogens with zero attached hydrogens (tertiary/aromatic N) is 3. The minimum Gasteiger partial charge on any atom is -0.493 e. The summed E-state index contributed by atoms with van der Waals surface area (Å²) in [6, 6.07) is 10.5. The molecule has 5 rings (SSSR count). The minimum atomic E-state index is -4.03. The molecule has 0 spiro atoms. The van der Waals surface area contributed by atoms with Gasteiger partial charge in [-0.15, -0.1) is 0 Å². The third kappa shape index (κ3) is 5.78. The molecule has 10 nitrogen and oxygen atoms in total. The molecule has 2 heterocycles. The maximum Gasteiger partial charge on any atom is 0.268 e. The van der Waals surface area contributed by atoms with Gasteiger partial charge in [0, 0.05) is 38.8 Å². The topological polar surface area (TPSA) is 114 Å². The Morgan fingerprint density at radius 2 is 1.37 bits per heavy atom. The summed E-state index contributed by atoms with van der Waals surface area (Å²) in [5.74, 6) is -0.00892. The highest BCUT2D eigenvalue weighted by atomic mass is 32.2. The monoisotopic (exact) mass is 667 g/mol. The Morgan fingerprint density at radius 3 is 1.98 bits per heavy atom. The number of para-hydroxylation sites is 1. The molecule has 3 aromatic carbocycles. The van der Waals surface area contributed by atoms with Gasteiger partial charge in [-0.25, -0.2) is 16.8 Å².